The highest BCUT2D eigenvalue weighted by atomic mass is 32.2. The Morgan fingerprint density at radius 2 is 1.96 bits per heavy atom. The number of aromatic nitrogens is 2. The van der Waals surface area contributed by atoms with E-state index in [1.165, 1.54) is 6.42 Å². The summed E-state index contributed by atoms with van der Waals surface area (Å²) in [5, 5.41) is 19.2. The summed E-state index contributed by atoms with van der Waals surface area (Å²) in [4.78, 5) is 10.4. The molecule has 1 heterocycles. The fourth-order valence-corrected chi connectivity index (χ4v) is 3.74. The molecule has 0 spiro atoms. The van der Waals surface area contributed by atoms with Gasteiger partial charge in [-0.1, -0.05) is 31.0 Å². The van der Waals surface area contributed by atoms with Crippen molar-refractivity contribution in [3.8, 4) is 0 Å². The number of hydrogen-bond donors (Lipinski definition) is 0. The predicted molar refractivity (Wildman–Crippen MR) is 87.8 cm³/mol. The van der Waals surface area contributed by atoms with E-state index in [9.17, 15) is 23.3 Å². The van der Waals surface area contributed by atoms with E-state index in [0.717, 1.165) is 49.6 Å². The van der Waals surface area contributed by atoms with Crippen molar-refractivity contribution in [1.29, 1.82) is 0 Å². The Morgan fingerprint density at radius 3 is 2.62 bits per heavy atom. The summed E-state index contributed by atoms with van der Waals surface area (Å²) in [5.41, 5.74) is -1.32. The molecule has 1 aromatic carbocycles. The number of thioether (sulfide) groups is 1. The van der Waals surface area contributed by atoms with Gasteiger partial charge in [0.1, 0.15) is 0 Å². The molecule has 3 rings (SSSR count). The third-order valence-corrected chi connectivity index (χ3v) is 5.20. The number of nitro groups is 1. The average Bonchev–Trinajstić information content (AvgIpc) is 3.08. The van der Waals surface area contributed by atoms with Gasteiger partial charge in [-0.05, 0) is 25.0 Å². The molecule has 0 saturated heterocycles. The Bertz CT molecular complexity index is 789. The maximum atomic E-state index is 12.9. The minimum atomic E-state index is -4.56. The number of rotatable bonds is 5. The molecule has 1 saturated carbocycles. The molecule has 1 aromatic heterocycles. The van der Waals surface area contributed by atoms with Gasteiger partial charge in [-0.2, -0.15) is 13.2 Å². The minimum Gasteiger partial charge on any atom is -0.416 e. The number of nitro benzene ring substituents is 1. The van der Waals surface area contributed by atoms with Gasteiger partial charge in [-0.15, -0.1) is 10.2 Å². The lowest BCUT2D eigenvalue weighted by molar-refractivity contribution is -0.385. The highest BCUT2D eigenvalue weighted by Gasteiger charge is 2.32. The van der Waals surface area contributed by atoms with Gasteiger partial charge in [0.25, 0.3) is 10.9 Å². The van der Waals surface area contributed by atoms with E-state index in [-0.39, 0.29) is 28.1 Å². The molecule has 0 unspecified atom stereocenters. The SMILES string of the molecule is O=[N+]([O-])c1ccc(C(F)(F)F)cc1CSc1nnc(C2CCCCC2)o1. The first-order chi connectivity index (χ1) is 12.3. The van der Waals surface area contributed by atoms with Crippen LogP contribution in [0.5, 0.6) is 0 Å². The molecule has 0 aliphatic heterocycles. The zero-order valence-corrected chi connectivity index (χ0v) is 14.5. The Kier molecular flexibility index (Phi) is 5.49. The van der Waals surface area contributed by atoms with Crippen LogP contribution < -0.4 is 0 Å². The summed E-state index contributed by atoms with van der Waals surface area (Å²) in [7, 11) is 0. The van der Waals surface area contributed by atoms with Crippen LogP contribution in [0.3, 0.4) is 0 Å². The van der Waals surface area contributed by atoms with Crippen LogP contribution in [0.2, 0.25) is 0 Å². The van der Waals surface area contributed by atoms with Crippen molar-refractivity contribution in [2.75, 3.05) is 0 Å². The molecule has 0 atom stereocenters. The number of hydrogen-bond acceptors (Lipinski definition) is 6. The van der Waals surface area contributed by atoms with Crippen molar-refractivity contribution in [2.45, 2.75) is 55.2 Å². The number of halogens is 3. The van der Waals surface area contributed by atoms with Gasteiger partial charge in [0, 0.05) is 23.3 Å². The van der Waals surface area contributed by atoms with E-state index < -0.39 is 16.7 Å². The van der Waals surface area contributed by atoms with E-state index in [1.54, 1.807) is 0 Å². The fraction of sp³-hybridized carbons (Fsp3) is 0.500. The maximum Gasteiger partial charge on any atom is 0.416 e. The van der Waals surface area contributed by atoms with Gasteiger partial charge in [0.05, 0.1) is 10.5 Å². The van der Waals surface area contributed by atoms with Crippen LogP contribution in [0.15, 0.2) is 27.8 Å². The standard InChI is InChI=1S/C16H16F3N3O3S/c17-16(18,19)12-6-7-13(22(23)24)11(8-12)9-26-15-21-20-14(25-15)10-4-2-1-3-5-10/h6-8,10H,1-5,9H2. The first-order valence-corrected chi connectivity index (χ1v) is 9.14. The van der Waals surface area contributed by atoms with Crippen molar-refractivity contribution in [2.24, 2.45) is 0 Å². The van der Waals surface area contributed by atoms with Crippen LogP contribution in [-0.4, -0.2) is 15.1 Å². The lowest BCUT2D eigenvalue weighted by Crippen LogP contribution is -2.06. The second-order valence-electron chi connectivity index (χ2n) is 6.13. The molecular formula is C16H16F3N3O3S. The quantitative estimate of drug-likeness (QED) is 0.391. The number of nitrogens with zero attached hydrogens (tertiary/aromatic N) is 3. The van der Waals surface area contributed by atoms with Crippen LogP contribution >= 0.6 is 11.8 Å². The van der Waals surface area contributed by atoms with E-state index >= 15 is 0 Å². The minimum absolute atomic E-state index is 0.0350. The maximum absolute atomic E-state index is 12.9. The molecular weight excluding hydrogens is 371 g/mol. The molecule has 0 bridgehead atoms. The second kappa shape index (κ2) is 7.65. The zero-order valence-electron chi connectivity index (χ0n) is 13.7. The molecule has 10 heteroatoms. The lowest BCUT2D eigenvalue weighted by Gasteiger charge is -2.17. The number of benzene rings is 1. The molecule has 0 amide bonds. The highest BCUT2D eigenvalue weighted by molar-refractivity contribution is 7.98. The largest absolute Gasteiger partial charge is 0.416 e. The molecule has 6 nitrogen and oxygen atoms in total. The summed E-state index contributed by atoms with van der Waals surface area (Å²) < 4.78 is 44.2. The first-order valence-electron chi connectivity index (χ1n) is 8.15. The van der Waals surface area contributed by atoms with Crippen LogP contribution in [0.1, 0.15) is 55.0 Å². The van der Waals surface area contributed by atoms with Crippen LogP contribution in [-0.2, 0) is 11.9 Å². The van der Waals surface area contributed by atoms with Crippen LogP contribution in [0.25, 0.3) is 0 Å². The third-order valence-electron chi connectivity index (χ3n) is 4.33. The number of alkyl halides is 3. The Morgan fingerprint density at radius 1 is 1.23 bits per heavy atom. The molecule has 1 fully saturated rings. The Balaban J connectivity index is 1.74. The fourth-order valence-electron chi connectivity index (χ4n) is 2.99. The molecule has 2 aromatic rings. The molecule has 0 radical (unpaired) electrons. The van der Waals surface area contributed by atoms with E-state index in [1.807, 2.05) is 0 Å². The van der Waals surface area contributed by atoms with Crippen molar-refractivity contribution in [3.05, 3.63) is 45.3 Å². The van der Waals surface area contributed by atoms with Crippen molar-refractivity contribution in [1.82, 2.24) is 10.2 Å². The van der Waals surface area contributed by atoms with Gasteiger partial charge >= 0.3 is 6.18 Å². The Labute approximate surface area is 151 Å². The van der Waals surface area contributed by atoms with Crippen molar-refractivity contribution >= 4 is 17.4 Å². The van der Waals surface area contributed by atoms with Crippen LogP contribution in [0.4, 0.5) is 18.9 Å². The zero-order chi connectivity index (χ0) is 18.7. The molecule has 0 N–H and O–H groups in total. The highest BCUT2D eigenvalue weighted by Crippen LogP contribution is 2.36. The molecule has 1 aliphatic rings. The average molecular weight is 387 g/mol. The Hall–Kier alpha value is -2.10. The van der Waals surface area contributed by atoms with Crippen molar-refractivity contribution < 1.29 is 22.5 Å². The predicted octanol–water partition coefficient (Wildman–Crippen LogP) is 5.34. The smallest absolute Gasteiger partial charge is 0.416 e. The third kappa shape index (κ3) is 4.35. The summed E-state index contributed by atoms with van der Waals surface area (Å²) in [6, 6.07) is 2.38. The van der Waals surface area contributed by atoms with E-state index in [0.29, 0.717) is 12.0 Å². The van der Waals surface area contributed by atoms with E-state index in [4.69, 9.17) is 4.42 Å². The van der Waals surface area contributed by atoms with Gasteiger partial charge in [0.15, 0.2) is 0 Å². The molecule has 1 aliphatic carbocycles. The monoisotopic (exact) mass is 387 g/mol. The topological polar surface area (TPSA) is 82.1 Å². The normalized spacial score (nSPS) is 16.0. The van der Waals surface area contributed by atoms with Gasteiger partial charge in [0.2, 0.25) is 5.89 Å². The van der Waals surface area contributed by atoms with Crippen molar-refractivity contribution in [3.63, 3.8) is 0 Å². The second-order valence-corrected chi connectivity index (χ2v) is 7.05. The molecule has 26 heavy (non-hydrogen) atoms. The molecule has 140 valence electrons. The van der Waals surface area contributed by atoms with Gasteiger partial charge < -0.3 is 4.42 Å². The summed E-state index contributed by atoms with van der Waals surface area (Å²) in [5.74, 6) is 0.686. The van der Waals surface area contributed by atoms with Crippen LogP contribution in [0, 0.1) is 10.1 Å². The summed E-state index contributed by atoms with van der Waals surface area (Å²) >= 11 is 0.997. The summed E-state index contributed by atoms with van der Waals surface area (Å²) in [6.45, 7) is 0. The van der Waals surface area contributed by atoms with E-state index in [2.05, 4.69) is 10.2 Å². The lowest BCUT2D eigenvalue weighted by atomic mass is 9.89. The van der Waals surface area contributed by atoms with Gasteiger partial charge in [-0.25, -0.2) is 0 Å². The first kappa shape index (κ1) is 18.7. The summed E-state index contributed by atoms with van der Waals surface area (Å²) in [6.07, 6.45) is 0.785. The van der Waals surface area contributed by atoms with Gasteiger partial charge in [-0.3, -0.25) is 10.1 Å².